The summed E-state index contributed by atoms with van der Waals surface area (Å²) in [5, 5.41) is 8.61. The second-order valence-corrected chi connectivity index (χ2v) is 3.65. The van der Waals surface area contributed by atoms with Gasteiger partial charge >= 0.3 is 0 Å². The van der Waals surface area contributed by atoms with Crippen LogP contribution in [0.4, 0.5) is 0 Å². The van der Waals surface area contributed by atoms with Gasteiger partial charge in [-0.3, -0.25) is 0 Å². The van der Waals surface area contributed by atoms with Crippen molar-refractivity contribution in [1.29, 1.82) is 5.26 Å². The zero-order valence-corrected chi connectivity index (χ0v) is 8.37. The molecule has 0 spiro atoms. The molecular formula is C9H8IN. The van der Waals surface area contributed by atoms with Crippen LogP contribution in [0, 0.1) is 14.9 Å². The Kier molecular flexibility index (Phi) is 2.89. The summed E-state index contributed by atoms with van der Waals surface area (Å²) in [6.45, 7) is 1.90. The van der Waals surface area contributed by atoms with Crippen molar-refractivity contribution in [1.82, 2.24) is 0 Å². The molecule has 2 heteroatoms. The minimum atomic E-state index is 0.00648. The summed E-state index contributed by atoms with van der Waals surface area (Å²) in [7, 11) is 0. The Morgan fingerprint density at radius 3 is 2.36 bits per heavy atom. The van der Waals surface area contributed by atoms with E-state index in [1.807, 2.05) is 31.2 Å². The molecular weight excluding hydrogens is 249 g/mol. The Balaban J connectivity index is 2.92. The maximum Gasteiger partial charge on any atom is 0.0700 e. The van der Waals surface area contributed by atoms with E-state index >= 15 is 0 Å². The van der Waals surface area contributed by atoms with Gasteiger partial charge in [-0.2, -0.15) is 5.26 Å². The summed E-state index contributed by atoms with van der Waals surface area (Å²) >= 11 is 2.25. The topological polar surface area (TPSA) is 23.8 Å². The predicted octanol–water partition coefficient (Wildman–Crippen LogP) is 2.92. The van der Waals surface area contributed by atoms with E-state index in [0.717, 1.165) is 5.56 Å². The molecule has 0 amide bonds. The lowest BCUT2D eigenvalue weighted by Crippen LogP contribution is -1.87. The minimum absolute atomic E-state index is 0.00648. The highest BCUT2D eigenvalue weighted by molar-refractivity contribution is 14.1. The van der Waals surface area contributed by atoms with Crippen LogP contribution in [0.2, 0.25) is 0 Å². The fourth-order valence-corrected chi connectivity index (χ4v) is 1.19. The van der Waals surface area contributed by atoms with Gasteiger partial charge in [0.15, 0.2) is 0 Å². The molecule has 0 fully saturated rings. The molecule has 0 aromatic heterocycles. The Bertz CT molecular complexity index is 271. The van der Waals surface area contributed by atoms with Crippen LogP contribution in [0.1, 0.15) is 18.4 Å². The van der Waals surface area contributed by atoms with E-state index in [4.69, 9.17) is 5.26 Å². The monoisotopic (exact) mass is 257 g/mol. The Morgan fingerprint density at radius 1 is 1.36 bits per heavy atom. The van der Waals surface area contributed by atoms with Crippen LogP contribution in [0.15, 0.2) is 24.3 Å². The predicted molar refractivity (Wildman–Crippen MR) is 53.2 cm³/mol. The van der Waals surface area contributed by atoms with E-state index in [1.54, 1.807) is 0 Å². The molecule has 0 N–H and O–H groups in total. The SMILES string of the molecule is C[C@H](C#N)c1ccc(I)cc1. The van der Waals surface area contributed by atoms with Crippen LogP contribution in [-0.4, -0.2) is 0 Å². The molecule has 1 aromatic carbocycles. The standard InChI is InChI=1S/C9H8IN/c1-7(6-11)8-2-4-9(10)5-3-8/h2-5,7H,1H3/t7-/m1/s1. The minimum Gasteiger partial charge on any atom is -0.198 e. The van der Waals surface area contributed by atoms with Gasteiger partial charge in [0.25, 0.3) is 0 Å². The molecule has 0 aliphatic carbocycles. The van der Waals surface area contributed by atoms with Gasteiger partial charge in [0.1, 0.15) is 0 Å². The first-order valence-corrected chi connectivity index (χ1v) is 4.47. The highest BCUT2D eigenvalue weighted by Crippen LogP contribution is 2.15. The number of hydrogen-bond donors (Lipinski definition) is 0. The Labute approximate surface area is 80.2 Å². The van der Waals surface area contributed by atoms with E-state index in [2.05, 4.69) is 28.7 Å². The lowest BCUT2D eigenvalue weighted by molar-refractivity contribution is 0.981. The summed E-state index contributed by atoms with van der Waals surface area (Å²) in [4.78, 5) is 0. The van der Waals surface area contributed by atoms with Crippen LogP contribution in [-0.2, 0) is 0 Å². The molecule has 56 valence electrons. The van der Waals surface area contributed by atoms with Crippen LogP contribution >= 0.6 is 22.6 Å². The molecule has 0 saturated heterocycles. The first-order chi connectivity index (χ1) is 5.24. The largest absolute Gasteiger partial charge is 0.198 e. The van der Waals surface area contributed by atoms with Crippen LogP contribution in [0.5, 0.6) is 0 Å². The van der Waals surface area contributed by atoms with Gasteiger partial charge < -0.3 is 0 Å². The fourth-order valence-electron chi connectivity index (χ4n) is 0.826. The number of hydrogen-bond acceptors (Lipinski definition) is 1. The van der Waals surface area contributed by atoms with Gasteiger partial charge in [0, 0.05) is 3.57 Å². The zero-order chi connectivity index (χ0) is 8.27. The maximum atomic E-state index is 8.61. The second kappa shape index (κ2) is 3.72. The smallest absolute Gasteiger partial charge is 0.0700 e. The number of benzene rings is 1. The molecule has 0 radical (unpaired) electrons. The lowest BCUT2D eigenvalue weighted by Gasteiger charge is -2.00. The first-order valence-electron chi connectivity index (χ1n) is 3.39. The third-order valence-electron chi connectivity index (χ3n) is 1.56. The first kappa shape index (κ1) is 8.54. The lowest BCUT2D eigenvalue weighted by atomic mass is 10.0. The quantitative estimate of drug-likeness (QED) is 0.709. The van der Waals surface area contributed by atoms with E-state index in [0.29, 0.717) is 0 Å². The van der Waals surface area contributed by atoms with Crippen molar-refractivity contribution < 1.29 is 0 Å². The summed E-state index contributed by atoms with van der Waals surface area (Å²) in [5.41, 5.74) is 1.09. The van der Waals surface area contributed by atoms with Gasteiger partial charge in [0.05, 0.1) is 12.0 Å². The second-order valence-electron chi connectivity index (χ2n) is 2.40. The van der Waals surface area contributed by atoms with Crippen molar-refractivity contribution in [3.05, 3.63) is 33.4 Å². The number of nitrogens with zero attached hydrogens (tertiary/aromatic N) is 1. The third-order valence-corrected chi connectivity index (χ3v) is 2.28. The molecule has 1 nitrogen and oxygen atoms in total. The molecule has 0 saturated carbocycles. The molecule has 0 heterocycles. The molecule has 1 rings (SSSR count). The summed E-state index contributed by atoms with van der Waals surface area (Å²) in [6.07, 6.45) is 0. The normalized spacial score (nSPS) is 12.1. The van der Waals surface area contributed by atoms with Crippen molar-refractivity contribution in [2.45, 2.75) is 12.8 Å². The van der Waals surface area contributed by atoms with Crippen molar-refractivity contribution >= 4 is 22.6 Å². The molecule has 11 heavy (non-hydrogen) atoms. The van der Waals surface area contributed by atoms with Crippen LogP contribution in [0.25, 0.3) is 0 Å². The van der Waals surface area contributed by atoms with Crippen LogP contribution in [0.3, 0.4) is 0 Å². The Hall–Kier alpha value is -0.560. The summed E-state index contributed by atoms with van der Waals surface area (Å²) < 4.78 is 1.21. The van der Waals surface area contributed by atoms with Crippen molar-refractivity contribution in [3.8, 4) is 6.07 Å². The Morgan fingerprint density at radius 2 is 1.91 bits per heavy atom. The fraction of sp³-hybridized carbons (Fsp3) is 0.222. The van der Waals surface area contributed by atoms with Crippen LogP contribution < -0.4 is 0 Å². The van der Waals surface area contributed by atoms with E-state index in [-0.39, 0.29) is 5.92 Å². The third kappa shape index (κ3) is 2.19. The molecule has 0 aliphatic rings. The van der Waals surface area contributed by atoms with E-state index in [1.165, 1.54) is 3.57 Å². The molecule has 0 aliphatic heterocycles. The van der Waals surface area contributed by atoms with Gasteiger partial charge in [-0.15, -0.1) is 0 Å². The van der Waals surface area contributed by atoms with Crippen molar-refractivity contribution in [3.63, 3.8) is 0 Å². The zero-order valence-electron chi connectivity index (χ0n) is 6.21. The van der Waals surface area contributed by atoms with Crippen molar-refractivity contribution in [2.75, 3.05) is 0 Å². The molecule has 1 aromatic rings. The maximum absolute atomic E-state index is 8.61. The number of rotatable bonds is 1. The molecule has 0 unspecified atom stereocenters. The number of halogens is 1. The van der Waals surface area contributed by atoms with Gasteiger partial charge in [0.2, 0.25) is 0 Å². The van der Waals surface area contributed by atoms with Gasteiger partial charge in [-0.25, -0.2) is 0 Å². The number of nitriles is 1. The highest BCUT2D eigenvalue weighted by Gasteiger charge is 2.01. The van der Waals surface area contributed by atoms with E-state index < -0.39 is 0 Å². The average Bonchev–Trinajstić information content (AvgIpc) is 2.05. The molecule has 1 atom stereocenters. The summed E-state index contributed by atoms with van der Waals surface area (Å²) in [6, 6.07) is 10.2. The van der Waals surface area contributed by atoms with Gasteiger partial charge in [-0.05, 0) is 47.2 Å². The summed E-state index contributed by atoms with van der Waals surface area (Å²) in [5.74, 6) is 0.00648. The highest BCUT2D eigenvalue weighted by atomic mass is 127. The van der Waals surface area contributed by atoms with Gasteiger partial charge in [-0.1, -0.05) is 12.1 Å². The molecule has 0 bridgehead atoms. The average molecular weight is 257 g/mol. The van der Waals surface area contributed by atoms with E-state index in [9.17, 15) is 0 Å². The van der Waals surface area contributed by atoms with Crippen molar-refractivity contribution in [2.24, 2.45) is 0 Å².